The van der Waals surface area contributed by atoms with Crippen LogP contribution >= 0.6 is 0 Å². The van der Waals surface area contributed by atoms with E-state index in [4.69, 9.17) is 0 Å². The summed E-state index contributed by atoms with van der Waals surface area (Å²) in [5.74, 6) is -4.38. The summed E-state index contributed by atoms with van der Waals surface area (Å²) in [6.07, 6.45) is 4.98. The Kier molecular flexibility index (Phi) is 8.35. The maximum atomic E-state index is 15.1. The minimum Gasteiger partial charge on any atom is -0.505 e. The lowest BCUT2D eigenvalue weighted by molar-refractivity contribution is 0.166. The summed E-state index contributed by atoms with van der Waals surface area (Å²) in [7, 11) is 0. The molecule has 1 fully saturated rings. The van der Waals surface area contributed by atoms with Gasteiger partial charge in [0.25, 0.3) is 0 Å². The van der Waals surface area contributed by atoms with Crippen molar-refractivity contribution >= 4 is 0 Å². The van der Waals surface area contributed by atoms with Gasteiger partial charge in [-0.25, -0.2) is 13.2 Å². The predicted octanol–water partition coefficient (Wildman–Crippen LogP) is 8.36. The first-order chi connectivity index (χ1) is 17.3. The maximum absolute atomic E-state index is 15.1. The standard InChI is InChI=1S/C30H32F4O2/c1-2-3-25(35)21-12-10-20(11-13-21)24-16-15-23(28(32)29(24)33)19-7-4-18(5-8-19)6-9-22-14-17-26(36)30(34)27(22)31/h10-19,25,35-36H,2-9H2,1H3. The van der Waals surface area contributed by atoms with Gasteiger partial charge in [-0.3, -0.25) is 0 Å². The second-order valence-electron chi connectivity index (χ2n) is 9.88. The van der Waals surface area contributed by atoms with Crippen LogP contribution in [0.15, 0.2) is 48.5 Å². The molecule has 0 aliphatic heterocycles. The van der Waals surface area contributed by atoms with Gasteiger partial charge in [-0.05, 0) is 85.1 Å². The molecule has 0 amide bonds. The van der Waals surface area contributed by atoms with Gasteiger partial charge in [-0.2, -0.15) is 4.39 Å². The number of aryl methyl sites for hydroxylation is 1. The number of rotatable bonds is 8. The van der Waals surface area contributed by atoms with Gasteiger partial charge in [0.1, 0.15) is 0 Å². The zero-order valence-electron chi connectivity index (χ0n) is 20.4. The lowest BCUT2D eigenvalue weighted by atomic mass is 9.76. The van der Waals surface area contributed by atoms with Crippen LogP contribution in [0, 0.1) is 29.2 Å². The van der Waals surface area contributed by atoms with E-state index >= 15 is 8.78 Å². The molecule has 3 aromatic rings. The molecule has 1 aliphatic carbocycles. The Balaban J connectivity index is 1.38. The number of hydrogen-bond donors (Lipinski definition) is 2. The number of aliphatic hydroxyl groups is 1. The Morgan fingerprint density at radius 2 is 1.50 bits per heavy atom. The number of phenolic OH excluding ortho intramolecular Hbond substituents is 1. The van der Waals surface area contributed by atoms with Gasteiger partial charge in [0.15, 0.2) is 23.2 Å². The number of aromatic hydroxyl groups is 1. The second kappa shape index (κ2) is 11.5. The normalized spacial score (nSPS) is 18.8. The molecule has 4 rings (SSSR count). The van der Waals surface area contributed by atoms with Crippen LogP contribution in [-0.2, 0) is 6.42 Å². The lowest BCUT2D eigenvalue weighted by Gasteiger charge is -2.29. The Morgan fingerprint density at radius 3 is 2.17 bits per heavy atom. The molecule has 1 atom stereocenters. The monoisotopic (exact) mass is 500 g/mol. The average Bonchev–Trinajstić information content (AvgIpc) is 2.89. The van der Waals surface area contributed by atoms with Crippen LogP contribution in [0.3, 0.4) is 0 Å². The van der Waals surface area contributed by atoms with Crippen molar-refractivity contribution in [2.24, 2.45) is 5.92 Å². The zero-order valence-corrected chi connectivity index (χ0v) is 20.4. The summed E-state index contributed by atoms with van der Waals surface area (Å²) in [4.78, 5) is 0. The van der Waals surface area contributed by atoms with E-state index in [9.17, 15) is 19.0 Å². The van der Waals surface area contributed by atoms with Crippen molar-refractivity contribution in [1.82, 2.24) is 0 Å². The molecule has 36 heavy (non-hydrogen) atoms. The first-order valence-electron chi connectivity index (χ1n) is 12.7. The van der Waals surface area contributed by atoms with E-state index in [0.29, 0.717) is 49.1 Å². The van der Waals surface area contributed by atoms with Crippen molar-refractivity contribution in [3.63, 3.8) is 0 Å². The van der Waals surface area contributed by atoms with E-state index in [0.717, 1.165) is 30.9 Å². The van der Waals surface area contributed by atoms with Gasteiger partial charge in [-0.15, -0.1) is 0 Å². The van der Waals surface area contributed by atoms with Gasteiger partial charge >= 0.3 is 0 Å². The predicted molar refractivity (Wildman–Crippen MR) is 133 cm³/mol. The molecule has 2 nitrogen and oxygen atoms in total. The van der Waals surface area contributed by atoms with Crippen LogP contribution < -0.4 is 0 Å². The van der Waals surface area contributed by atoms with Crippen LogP contribution in [0.1, 0.15) is 80.6 Å². The van der Waals surface area contributed by atoms with Gasteiger partial charge in [0, 0.05) is 5.56 Å². The molecule has 192 valence electrons. The van der Waals surface area contributed by atoms with Gasteiger partial charge in [0.2, 0.25) is 5.82 Å². The fraction of sp³-hybridized carbons (Fsp3) is 0.400. The topological polar surface area (TPSA) is 40.5 Å². The molecule has 1 unspecified atom stereocenters. The van der Waals surface area contributed by atoms with Crippen LogP contribution in [0.4, 0.5) is 17.6 Å². The molecular weight excluding hydrogens is 468 g/mol. The molecule has 6 heteroatoms. The molecule has 1 saturated carbocycles. The summed E-state index contributed by atoms with van der Waals surface area (Å²) in [5, 5.41) is 19.4. The highest BCUT2D eigenvalue weighted by molar-refractivity contribution is 5.65. The highest BCUT2D eigenvalue weighted by atomic mass is 19.2. The smallest absolute Gasteiger partial charge is 0.200 e. The Labute approximate surface area is 209 Å². The maximum Gasteiger partial charge on any atom is 0.200 e. The fourth-order valence-electron chi connectivity index (χ4n) is 5.32. The molecule has 0 saturated heterocycles. The van der Waals surface area contributed by atoms with Crippen molar-refractivity contribution < 1.29 is 27.8 Å². The minimum absolute atomic E-state index is 0.0841. The Morgan fingerprint density at radius 1 is 0.806 bits per heavy atom. The number of hydrogen-bond acceptors (Lipinski definition) is 2. The van der Waals surface area contributed by atoms with Crippen molar-refractivity contribution in [1.29, 1.82) is 0 Å². The number of aliphatic hydroxyl groups excluding tert-OH is 1. The molecular formula is C30H32F4O2. The SMILES string of the molecule is CCCC(O)c1ccc(-c2ccc(C3CCC(CCc4ccc(O)c(F)c4F)CC3)c(F)c2F)cc1. The molecule has 0 spiro atoms. The molecule has 2 N–H and O–H groups in total. The third-order valence-corrected chi connectivity index (χ3v) is 7.53. The van der Waals surface area contributed by atoms with Crippen LogP contribution in [-0.4, -0.2) is 10.2 Å². The van der Waals surface area contributed by atoms with Crippen LogP contribution in [0.5, 0.6) is 5.75 Å². The molecule has 1 aliphatic rings. The molecule has 0 aromatic heterocycles. The summed E-state index contributed by atoms with van der Waals surface area (Å²) in [6, 6.07) is 12.8. The van der Waals surface area contributed by atoms with E-state index < -0.39 is 35.1 Å². The van der Waals surface area contributed by atoms with Gasteiger partial charge in [-0.1, -0.05) is 55.8 Å². The summed E-state index contributed by atoms with van der Waals surface area (Å²) in [6.45, 7) is 1.99. The van der Waals surface area contributed by atoms with Crippen molar-refractivity contribution in [2.45, 2.75) is 70.3 Å². The fourth-order valence-corrected chi connectivity index (χ4v) is 5.32. The van der Waals surface area contributed by atoms with Crippen molar-refractivity contribution in [2.75, 3.05) is 0 Å². The van der Waals surface area contributed by atoms with E-state index in [-0.39, 0.29) is 17.0 Å². The first kappa shape index (κ1) is 26.2. The quantitative estimate of drug-likeness (QED) is 0.305. The first-order valence-corrected chi connectivity index (χ1v) is 12.7. The summed E-state index contributed by atoms with van der Waals surface area (Å²) in [5.41, 5.74) is 2.14. The third kappa shape index (κ3) is 5.59. The van der Waals surface area contributed by atoms with Crippen molar-refractivity contribution in [3.05, 3.63) is 88.5 Å². The largest absolute Gasteiger partial charge is 0.505 e. The molecule has 0 radical (unpaired) electrons. The minimum atomic E-state index is -1.22. The number of phenols is 1. The van der Waals surface area contributed by atoms with E-state index in [1.54, 1.807) is 36.4 Å². The van der Waals surface area contributed by atoms with Crippen LogP contribution in [0.25, 0.3) is 11.1 Å². The van der Waals surface area contributed by atoms with Crippen molar-refractivity contribution in [3.8, 4) is 16.9 Å². The zero-order chi connectivity index (χ0) is 25.8. The number of benzene rings is 3. The molecule has 3 aromatic carbocycles. The van der Waals surface area contributed by atoms with E-state index in [1.165, 1.54) is 6.07 Å². The Bertz CT molecular complexity index is 1180. The van der Waals surface area contributed by atoms with Crippen LogP contribution in [0.2, 0.25) is 0 Å². The van der Waals surface area contributed by atoms with E-state index in [2.05, 4.69) is 0 Å². The second-order valence-corrected chi connectivity index (χ2v) is 9.88. The number of halogens is 4. The summed E-state index contributed by atoms with van der Waals surface area (Å²) < 4.78 is 57.7. The summed E-state index contributed by atoms with van der Waals surface area (Å²) >= 11 is 0. The van der Waals surface area contributed by atoms with Gasteiger partial charge in [0.05, 0.1) is 6.10 Å². The molecule has 0 heterocycles. The van der Waals surface area contributed by atoms with E-state index in [1.807, 2.05) is 6.92 Å². The highest BCUT2D eigenvalue weighted by Crippen LogP contribution is 2.40. The Hall–Kier alpha value is -2.86. The third-order valence-electron chi connectivity index (χ3n) is 7.53. The average molecular weight is 501 g/mol. The highest BCUT2D eigenvalue weighted by Gasteiger charge is 2.27. The lowest BCUT2D eigenvalue weighted by Crippen LogP contribution is -2.16. The van der Waals surface area contributed by atoms with Gasteiger partial charge < -0.3 is 10.2 Å². The molecule has 0 bridgehead atoms.